The molecule has 2 aliphatic heterocycles. The van der Waals surface area contributed by atoms with Crippen LogP contribution in [0.25, 0.3) is 0 Å². The minimum absolute atomic E-state index is 0.0215. The van der Waals surface area contributed by atoms with Crippen molar-refractivity contribution in [1.29, 1.82) is 0 Å². The molecule has 8 heteroatoms. The van der Waals surface area contributed by atoms with Gasteiger partial charge in [-0.1, -0.05) is 17.3 Å². The van der Waals surface area contributed by atoms with Crippen molar-refractivity contribution in [2.75, 3.05) is 17.2 Å². The fourth-order valence-electron chi connectivity index (χ4n) is 2.92. The van der Waals surface area contributed by atoms with E-state index in [1.807, 2.05) is 24.3 Å². The van der Waals surface area contributed by atoms with Crippen LogP contribution in [0.15, 0.2) is 33.7 Å². The lowest BCUT2D eigenvalue weighted by Gasteiger charge is -2.27. The van der Waals surface area contributed by atoms with Gasteiger partial charge in [-0.2, -0.15) is 4.98 Å². The van der Waals surface area contributed by atoms with Crippen molar-refractivity contribution in [3.05, 3.63) is 36.0 Å². The Morgan fingerprint density at radius 3 is 2.88 bits per heavy atom. The van der Waals surface area contributed by atoms with E-state index in [1.165, 1.54) is 11.8 Å². The summed E-state index contributed by atoms with van der Waals surface area (Å²) >= 11 is 1.54. The van der Waals surface area contributed by atoms with Crippen molar-refractivity contribution < 1.29 is 14.1 Å². The number of hydrogen-bond donors (Lipinski definition) is 0. The number of aromatic nitrogens is 2. The van der Waals surface area contributed by atoms with E-state index < -0.39 is 0 Å². The molecule has 2 aromatic rings. The quantitative estimate of drug-likeness (QED) is 0.842. The number of fused-ring (bicyclic) bond motifs is 1. The third kappa shape index (κ3) is 2.89. The van der Waals surface area contributed by atoms with E-state index in [4.69, 9.17) is 4.52 Å². The molecule has 0 aliphatic carbocycles. The van der Waals surface area contributed by atoms with Crippen LogP contribution in [-0.4, -0.2) is 39.2 Å². The number of para-hydroxylation sites is 1. The van der Waals surface area contributed by atoms with Crippen LogP contribution in [0.3, 0.4) is 0 Å². The summed E-state index contributed by atoms with van der Waals surface area (Å²) in [5, 5.41) is 3.94. The molecule has 0 spiro atoms. The first-order valence-electron chi connectivity index (χ1n) is 7.82. The maximum absolute atomic E-state index is 12.3. The van der Waals surface area contributed by atoms with E-state index in [1.54, 1.807) is 9.80 Å². The van der Waals surface area contributed by atoms with E-state index in [2.05, 4.69) is 10.1 Å². The summed E-state index contributed by atoms with van der Waals surface area (Å²) in [6, 6.07) is 7.78. The second kappa shape index (κ2) is 6.27. The van der Waals surface area contributed by atoms with Crippen LogP contribution in [0.2, 0.25) is 0 Å². The molecule has 0 atom stereocenters. The number of thioether (sulfide) groups is 1. The number of benzene rings is 1. The van der Waals surface area contributed by atoms with Crippen LogP contribution in [0.4, 0.5) is 5.69 Å². The summed E-state index contributed by atoms with van der Waals surface area (Å²) in [6.07, 6.45) is 1.46. The van der Waals surface area contributed by atoms with Crippen LogP contribution < -0.4 is 4.90 Å². The molecule has 124 valence electrons. The van der Waals surface area contributed by atoms with Crippen LogP contribution in [-0.2, 0) is 22.7 Å². The molecule has 2 amide bonds. The van der Waals surface area contributed by atoms with Gasteiger partial charge in [-0.25, -0.2) is 0 Å². The molecule has 1 saturated heterocycles. The summed E-state index contributed by atoms with van der Waals surface area (Å²) in [7, 11) is 0. The number of carbonyl (C=O) groups is 2. The van der Waals surface area contributed by atoms with Gasteiger partial charge in [0.1, 0.15) is 6.54 Å². The van der Waals surface area contributed by atoms with Gasteiger partial charge in [-0.15, -0.1) is 11.8 Å². The molecule has 2 aliphatic rings. The first-order valence-corrected chi connectivity index (χ1v) is 8.81. The number of anilines is 1. The minimum atomic E-state index is 0.0215. The molecule has 0 radical (unpaired) electrons. The molecule has 24 heavy (non-hydrogen) atoms. The smallest absolute Gasteiger partial charge is 0.246 e. The molecule has 0 saturated carbocycles. The number of rotatable bonds is 4. The fourth-order valence-corrected chi connectivity index (χ4v) is 3.86. The summed E-state index contributed by atoms with van der Waals surface area (Å²) in [5.41, 5.74) is 0.869. The second-order valence-electron chi connectivity index (χ2n) is 5.76. The van der Waals surface area contributed by atoms with Crippen molar-refractivity contribution in [3.63, 3.8) is 0 Å². The lowest BCUT2D eigenvalue weighted by molar-refractivity contribution is -0.128. The predicted octanol–water partition coefficient (Wildman–Crippen LogP) is 1.83. The molecule has 4 rings (SSSR count). The first-order chi connectivity index (χ1) is 11.7. The van der Waals surface area contributed by atoms with Gasteiger partial charge >= 0.3 is 0 Å². The third-order valence-electron chi connectivity index (χ3n) is 4.12. The predicted molar refractivity (Wildman–Crippen MR) is 87.3 cm³/mol. The molecule has 0 N–H and O–H groups in total. The summed E-state index contributed by atoms with van der Waals surface area (Å²) in [6.45, 7) is 1.35. The standard InChI is InChI=1S/C16H16N4O3S/c21-15-6-3-7-19(15)8-13-17-14(23-18-13)9-20-11-4-1-2-5-12(11)24-10-16(20)22/h1-2,4-5H,3,6-10H2. The SMILES string of the molecule is O=C1CCCN1Cc1noc(CN2C(=O)CSc3ccccc32)n1. The van der Waals surface area contributed by atoms with Gasteiger partial charge in [0.2, 0.25) is 17.7 Å². The zero-order valence-corrected chi connectivity index (χ0v) is 13.8. The van der Waals surface area contributed by atoms with Gasteiger partial charge in [-0.05, 0) is 18.6 Å². The number of carbonyl (C=O) groups excluding carboxylic acids is 2. The zero-order valence-electron chi connectivity index (χ0n) is 13.0. The van der Waals surface area contributed by atoms with Gasteiger partial charge in [0.25, 0.3) is 0 Å². The molecule has 7 nitrogen and oxygen atoms in total. The molecule has 3 heterocycles. The molecular weight excluding hydrogens is 328 g/mol. The molecular formula is C16H16N4O3S. The Kier molecular flexibility index (Phi) is 3.97. The first kappa shape index (κ1) is 15.2. The second-order valence-corrected chi connectivity index (χ2v) is 6.78. The highest BCUT2D eigenvalue weighted by Crippen LogP contribution is 2.35. The maximum atomic E-state index is 12.3. The van der Waals surface area contributed by atoms with Gasteiger partial charge in [0, 0.05) is 17.9 Å². The fraction of sp³-hybridized carbons (Fsp3) is 0.375. The van der Waals surface area contributed by atoms with E-state index >= 15 is 0 Å². The van der Waals surface area contributed by atoms with Gasteiger partial charge in [0.15, 0.2) is 5.82 Å². The summed E-state index contributed by atoms with van der Waals surface area (Å²) in [5.74, 6) is 1.41. The topological polar surface area (TPSA) is 79.5 Å². The summed E-state index contributed by atoms with van der Waals surface area (Å²) < 4.78 is 5.28. The van der Waals surface area contributed by atoms with Crippen molar-refractivity contribution in [2.24, 2.45) is 0 Å². The van der Waals surface area contributed by atoms with Crippen molar-refractivity contribution >= 4 is 29.3 Å². The molecule has 0 unspecified atom stereocenters. The van der Waals surface area contributed by atoms with Crippen LogP contribution >= 0.6 is 11.8 Å². The Labute approximate surface area is 143 Å². The van der Waals surface area contributed by atoms with Gasteiger partial charge < -0.3 is 14.3 Å². The zero-order chi connectivity index (χ0) is 16.5. The van der Waals surface area contributed by atoms with E-state index in [-0.39, 0.29) is 18.4 Å². The minimum Gasteiger partial charge on any atom is -0.337 e. The number of nitrogens with zero attached hydrogens (tertiary/aromatic N) is 4. The Morgan fingerprint density at radius 1 is 1.17 bits per heavy atom. The Morgan fingerprint density at radius 2 is 2.04 bits per heavy atom. The maximum Gasteiger partial charge on any atom is 0.246 e. The highest BCUT2D eigenvalue weighted by atomic mass is 32.2. The molecule has 0 bridgehead atoms. The van der Waals surface area contributed by atoms with Crippen molar-refractivity contribution in [3.8, 4) is 0 Å². The van der Waals surface area contributed by atoms with Crippen LogP contribution in [0.1, 0.15) is 24.6 Å². The average molecular weight is 344 g/mol. The Bertz CT molecular complexity index is 791. The van der Waals surface area contributed by atoms with Crippen molar-refractivity contribution in [1.82, 2.24) is 15.0 Å². The van der Waals surface area contributed by atoms with Crippen LogP contribution in [0, 0.1) is 0 Å². The van der Waals surface area contributed by atoms with Crippen LogP contribution in [0.5, 0.6) is 0 Å². The highest BCUT2D eigenvalue weighted by molar-refractivity contribution is 8.00. The van der Waals surface area contributed by atoms with Gasteiger partial charge in [-0.3, -0.25) is 9.59 Å². The van der Waals surface area contributed by atoms with Crippen molar-refractivity contribution in [2.45, 2.75) is 30.8 Å². The number of hydrogen-bond acceptors (Lipinski definition) is 6. The Hall–Kier alpha value is -2.35. The van der Waals surface area contributed by atoms with E-state index in [9.17, 15) is 9.59 Å². The normalized spacial score (nSPS) is 17.5. The van der Waals surface area contributed by atoms with E-state index in [0.29, 0.717) is 30.4 Å². The number of likely N-dealkylation sites (tertiary alicyclic amines) is 1. The highest BCUT2D eigenvalue weighted by Gasteiger charge is 2.27. The lowest BCUT2D eigenvalue weighted by Crippen LogP contribution is -2.34. The average Bonchev–Trinajstić information content (AvgIpc) is 3.20. The molecule has 1 fully saturated rings. The summed E-state index contributed by atoms with van der Waals surface area (Å²) in [4.78, 5) is 32.7. The third-order valence-corrected chi connectivity index (χ3v) is 5.16. The monoisotopic (exact) mass is 344 g/mol. The molecule has 1 aromatic heterocycles. The van der Waals surface area contributed by atoms with E-state index in [0.717, 1.165) is 23.5 Å². The lowest BCUT2D eigenvalue weighted by atomic mass is 10.2. The number of amides is 2. The van der Waals surface area contributed by atoms with Gasteiger partial charge in [0.05, 0.1) is 18.0 Å². The molecule has 1 aromatic carbocycles. The Balaban J connectivity index is 1.50. The largest absolute Gasteiger partial charge is 0.337 e.